The molecule has 0 atom stereocenters. The molecule has 144 valence electrons. The van der Waals surface area contributed by atoms with Gasteiger partial charge in [0.15, 0.2) is 0 Å². The third-order valence-corrected chi connectivity index (χ3v) is 5.84. The molecule has 0 aliphatic heterocycles. The van der Waals surface area contributed by atoms with Gasteiger partial charge in [-0.05, 0) is 42.0 Å². The van der Waals surface area contributed by atoms with Crippen molar-refractivity contribution in [3.8, 4) is 0 Å². The highest BCUT2D eigenvalue weighted by Crippen LogP contribution is 2.19. The van der Waals surface area contributed by atoms with Crippen LogP contribution < -0.4 is 5.32 Å². The lowest BCUT2D eigenvalue weighted by atomic mass is 10.2. The molecule has 0 unspecified atom stereocenters. The highest BCUT2D eigenvalue weighted by atomic mass is 32.2. The van der Waals surface area contributed by atoms with Crippen molar-refractivity contribution in [1.29, 1.82) is 0 Å². The fourth-order valence-electron chi connectivity index (χ4n) is 2.65. The van der Waals surface area contributed by atoms with E-state index >= 15 is 0 Å². The van der Waals surface area contributed by atoms with Crippen molar-refractivity contribution in [2.75, 3.05) is 11.9 Å². The number of hydrogen-bond donors (Lipinski definition) is 1. The van der Waals surface area contributed by atoms with Crippen LogP contribution in [-0.4, -0.2) is 25.2 Å². The van der Waals surface area contributed by atoms with Crippen LogP contribution in [0.4, 0.5) is 10.1 Å². The van der Waals surface area contributed by atoms with Crippen molar-refractivity contribution in [3.63, 3.8) is 0 Å². The molecule has 28 heavy (non-hydrogen) atoms. The van der Waals surface area contributed by atoms with Crippen LogP contribution in [0, 0.1) is 5.82 Å². The van der Waals surface area contributed by atoms with Crippen LogP contribution in [0.3, 0.4) is 0 Å². The highest BCUT2D eigenvalue weighted by Gasteiger charge is 2.27. The van der Waals surface area contributed by atoms with Gasteiger partial charge in [0, 0.05) is 12.2 Å². The van der Waals surface area contributed by atoms with Crippen molar-refractivity contribution in [2.45, 2.75) is 11.4 Å². The molecule has 0 aliphatic carbocycles. The molecule has 1 amide bonds. The average molecular weight is 398 g/mol. The fraction of sp³-hybridized carbons (Fsp3) is 0.0952. The second-order valence-corrected chi connectivity index (χ2v) is 8.06. The molecule has 3 aromatic rings. The summed E-state index contributed by atoms with van der Waals surface area (Å²) in [5.41, 5.74) is 1.31. The van der Waals surface area contributed by atoms with Gasteiger partial charge in [-0.15, -0.1) is 0 Å². The Kier molecular flexibility index (Phi) is 6.18. The molecule has 5 nitrogen and oxygen atoms in total. The Morgan fingerprint density at radius 3 is 2.04 bits per heavy atom. The zero-order chi connectivity index (χ0) is 20.0. The van der Waals surface area contributed by atoms with Crippen LogP contribution in [0.25, 0.3) is 0 Å². The Bertz CT molecular complexity index is 1020. The zero-order valence-electron chi connectivity index (χ0n) is 15.0. The van der Waals surface area contributed by atoms with E-state index in [1.54, 1.807) is 48.5 Å². The molecule has 3 rings (SSSR count). The number of carbonyl (C=O) groups is 1. The predicted molar refractivity (Wildman–Crippen MR) is 106 cm³/mol. The molecule has 0 fully saturated rings. The highest BCUT2D eigenvalue weighted by molar-refractivity contribution is 7.89. The van der Waals surface area contributed by atoms with E-state index in [9.17, 15) is 17.6 Å². The summed E-state index contributed by atoms with van der Waals surface area (Å²) < 4.78 is 40.4. The van der Waals surface area contributed by atoms with Gasteiger partial charge in [-0.1, -0.05) is 48.5 Å². The maximum absolute atomic E-state index is 13.2. The molecule has 0 saturated heterocycles. The first-order valence-corrected chi connectivity index (χ1v) is 10.0. The third-order valence-electron chi connectivity index (χ3n) is 4.03. The quantitative estimate of drug-likeness (QED) is 0.661. The minimum absolute atomic E-state index is 0.0166. The number of benzene rings is 3. The Morgan fingerprint density at radius 2 is 1.43 bits per heavy atom. The molecule has 1 N–H and O–H groups in total. The number of amides is 1. The van der Waals surface area contributed by atoms with Crippen LogP contribution in [0.15, 0.2) is 89.8 Å². The smallest absolute Gasteiger partial charge is 0.243 e. The first-order valence-electron chi connectivity index (χ1n) is 8.60. The number of para-hydroxylation sites is 1. The summed E-state index contributed by atoms with van der Waals surface area (Å²) in [4.78, 5) is 12.4. The van der Waals surface area contributed by atoms with E-state index in [1.807, 2.05) is 12.1 Å². The molecule has 0 aromatic heterocycles. The van der Waals surface area contributed by atoms with E-state index in [2.05, 4.69) is 5.32 Å². The normalized spacial score (nSPS) is 11.4. The minimum atomic E-state index is -4.00. The maximum atomic E-state index is 13.2. The second kappa shape index (κ2) is 8.77. The van der Waals surface area contributed by atoms with Gasteiger partial charge in [-0.3, -0.25) is 4.79 Å². The Hall–Kier alpha value is -3.03. The summed E-state index contributed by atoms with van der Waals surface area (Å²) in [6.45, 7) is -0.355. The molecule has 0 saturated carbocycles. The summed E-state index contributed by atoms with van der Waals surface area (Å²) in [6, 6.07) is 22.3. The average Bonchev–Trinajstić information content (AvgIpc) is 2.69. The fourth-order valence-corrected chi connectivity index (χ4v) is 4.04. The number of sulfonamides is 1. The molecule has 0 spiro atoms. The van der Waals surface area contributed by atoms with Crippen LogP contribution in [-0.2, 0) is 21.4 Å². The molecule has 3 aromatic carbocycles. The van der Waals surface area contributed by atoms with Gasteiger partial charge in [-0.2, -0.15) is 4.31 Å². The van der Waals surface area contributed by atoms with E-state index < -0.39 is 21.7 Å². The van der Waals surface area contributed by atoms with Crippen molar-refractivity contribution in [1.82, 2.24) is 4.31 Å². The molecule has 0 radical (unpaired) electrons. The van der Waals surface area contributed by atoms with E-state index in [0.717, 1.165) is 22.0 Å². The second-order valence-electron chi connectivity index (χ2n) is 6.13. The Labute approximate surface area is 163 Å². The molecule has 7 heteroatoms. The lowest BCUT2D eigenvalue weighted by molar-refractivity contribution is -0.116. The number of nitrogens with zero attached hydrogens (tertiary/aromatic N) is 1. The summed E-state index contributed by atoms with van der Waals surface area (Å²) >= 11 is 0. The van der Waals surface area contributed by atoms with Gasteiger partial charge in [0.05, 0.1) is 11.4 Å². The number of carbonyl (C=O) groups excluding carboxylic acids is 1. The lowest BCUT2D eigenvalue weighted by Crippen LogP contribution is -2.37. The molecular weight excluding hydrogens is 379 g/mol. The van der Waals surface area contributed by atoms with Crippen LogP contribution in [0.1, 0.15) is 5.56 Å². The lowest BCUT2D eigenvalue weighted by Gasteiger charge is -2.22. The molecule has 0 aliphatic rings. The van der Waals surface area contributed by atoms with Crippen molar-refractivity contribution >= 4 is 21.6 Å². The summed E-state index contributed by atoms with van der Waals surface area (Å²) in [5.74, 6) is -0.997. The molecular formula is C21H19FN2O3S. The number of rotatable bonds is 7. The SMILES string of the molecule is O=C(CN(Cc1ccccc1)S(=O)(=O)c1ccc(F)cc1)Nc1ccccc1. The maximum Gasteiger partial charge on any atom is 0.243 e. The largest absolute Gasteiger partial charge is 0.325 e. The summed E-state index contributed by atoms with van der Waals surface area (Å²) in [6.07, 6.45) is 0. The molecule has 0 heterocycles. The van der Waals surface area contributed by atoms with Gasteiger partial charge < -0.3 is 5.32 Å². The first kappa shape index (κ1) is 19.7. The third kappa shape index (κ3) is 5.03. The van der Waals surface area contributed by atoms with Gasteiger partial charge in [0.25, 0.3) is 0 Å². The van der Waals surface area contributed by atoms with E-state index in [0.29, 0.717) is 5.69 Å². The summed E-state index contributed by atoms with van der Waals surface area (Å²) in [5, 5.41) is 2.69. The predicted octanol–water partition coefficient (Wildman–Crippen LogP) is 3.66. The standard InChI is InChI=1S/C21H19FN2O3S/c22-18-11-13-20(14-12-18)28(26,27)24(15-17-7-3-1-4-8-17)16-21(25)23-19-9-5-2-6-10-19/h1-14H,15-16H2,(H,23,25). The minimum Gasteiger partial charge on any atom is -0.325 e. The van der Waals surface area contributed by atoms with E-state index in [-0.39, 0.29) is 18.0 Å². The Balaban J connectivity index is 1.86. The van der Waals surface area contributed by atoms with Crippen molar-refractivity contribution in [2.24, 2.45) is 0 Å². The Morgan fingerprint density at radius 1 is 0.857 bits per heavy atom. The van der Waals surface area contributed by atoms with Gasteiger partial charge >= 0.3 is 0 Å². The number of anilines is 1. The monoisotopic (exact) mass is 398 g/mol. The van der Waals surface area contributed by atoms with Crippen molar-refractivity contribution in [3.05, 3.63) is 96.3 Å². The number of halogens is 1. The number of nitrogens with one attached hydrogen (secondary N) is 1. The van der Waals surface area contributed by atoms with Crippen LogP contribution in [0.2, 0.25) is 0 Å². The van der Waals surface area contributed by atoms with Crippen LogP contribution >= 0.6 is 0 Å². The topological polar surface area (TPSA) is 66.5 Å². The molecule has 0 bridgehead atoms. The van der Waals surface area contributed by atoms with E-state index in [4.69, 9.17) is 0 Å². The van der Waals surface area contributed by atoms with Crippen molar-refractivity contribution < 1.29 is 17.6 Å². The van der Waals surface area contributed by atoms with E-state index in [1.165, 1.54) is 12.1 Å². The summed E-state index contributed by atoms with van der Waals surface area (Å²) in [7, 11) is -4.00. The first-order chi connectivity index (χ1) is 13.4. The van der Waals surface area contributed by atoms with Gasteiger partial charge in [0.1, 0.15) is 5.82 Å². The van der Waals surface area contributed by atoms with Crippen LogP contribution in [0.5, 0.6) is 0 Å². The van der Waals surface area contributed by atoms with Gasteiger partial charge in [-0.25, -0.2) is 12.8 Å². The van der Waals surface area contributed by atoms with Gasteiger partial charge in [0.2, 0.25) is 15.9 Å². The zero-order valence-corrected chi connectivity index (χ0v) is 15.8. The number of hydrogen-bond acceptors (Lipinski definition) is 3.